The van der Waals surface area contributed by atoms with Gasteiger partial charge >= 0.3 is 6.18 Å². The Morgan fingerprint density at radius 2 is 1.82 bits per heavy atom. The maximum absolute atomic E-state index is 12.5. The van der Waals surface area contributed by atoms with E-state index in [1.54, 1.807) is 13.8 Å². The van der Waals surface area contributed by atoms with Gasteiger partial charge in [0.25, 0.3) is 5.91 Å². The Morgan fingerprint density at radius 3 is 2.32 bits per heavy atom. The van der Waals surface area contributed by atoms with Crippen molar-refractivity contribution in [3.8, 4) is 0 Å². The van der Waals surface area contributed by atoms with Gasteiger partial charge in [-0.15, -0.1) is 0 Å². The minimum atomic E-state index is -4.40. The highest BCUT2D eigenvalue weighted by Gasteiger charge is 2.30. The SMILES string of the molecule is Cc1cc(C(F)(F)F)ccc1/C=C/C(=O)NNC(=O)C(C)C. The molecule has 0 aliphatic heterocycles. The summed E-state index contributed by atoms with van der Waals surface area (Å²) in [5.41, 5.74) is 4.55. The molecule has 0 heterocycles. The molecule has 0 atom stereocenters. The first kappa shape index (κ1) is 17.7. The highest BCUT2D eigenvalue weighted by Crippen LogP contribution is 2.30. The van der Waals surface area contributed by atoms with Crippen molar-refractivity contribution >= 4 is 17.9 Å². The lowest BCUT2D eigenvalue weighted by Crippen LogP contribution is -2.42. The number of hydrogen-bond donors (Lipinski definition) is 2. The summed E-state index contributed by atoms with van der Waals surface area (Å²) in [6, 6.07) is 3.25. The van der Waals surface area contributed by atoms with Crippen molar-refractivity contribution in [2.24, 2.45) is 5.92 Å². The number of amides is 2. The van der Waals surface area contributed by atoms with Crippen LogP contribution in [0.4, 0.5) is 13.2 Å². The van der Waals surface area contributed by atoms with Crippen LogP contribution in [-0.2, 0) is 15.8 Å². The first-order valence-corrected chi connectivity index (χ1v) is 6.57. The first-order chi connectivity index (χ1) is 10.1. The molecule has 1 aromatic carbocycles. The van der Waals surface area contributed by atoms with E-state index in [-0.39, 0.29) is 11.8 Å². The fraction of sp³-hybridized carbons (Fsp3) is 0.333. The molecule has 1 aromatic rings. The number of alkyl halides is 3. The molecule has 0 saturated heterocycles. The minimum absolute atomic E-state index is 0.276. The molecule has 0 bridgehead atoms. The van der Waals surface area contributed by atoms with E-state index in [0.717, 1.165) is 18.2 Å². The molecule has 0 unspecified atom stereocenters. The zero-order chi connectivity index (χ0) is 16.9. The van der Waals surface area contributed by atoms with E-state index in [1.807, 2.05) is 0 Å². The van der Waals surface area contributed by atoms with Gasteiger partial charge in [0.05, 0.1) is 5.56 Å². The van der Waals surface area contributed by atoms with Crippen LogP contribution in [-0.4, -0.2) is 11.8 Å². The highest BCUT2D eigenvalue weighted by molar-refractivity contribution is 5.93. The van der Waals surface area contributed by atoms with Crippen molar-refractivity contribution in [3.63, 3.8) is 0 Å². The van der Waals surface area contributed by atoms with Crippen molar-refractivity contribution in [1.82, 2.24) is 10.9 Å². The topological polar surface area (TPSA) is 58.2 Å². The lowest BCUT2D eigenvalue weighted by Gasteiger charge is -2.09. The van der Waals surface area contributed by atoms with Gasteiger partial charge < -0.3 is 0 Å². The Hall–Kier alpha value is -2.31. The van der Waals surface area contributed by atoms with Crippen molar-refractivity contribution in [3.05, 3.63) is 41.0 Å². The maximum Gasteiger partial charge on any atom is 0.416 e. The van der Waals surface area contributed by atoms with Gasteiger partial charge in [0, 0.05) is 12.0 Å². The van der Waals surface area contributed by atoms with E-state index in [1.165, 1.54) is 19.1 Å². The number of hydrogen-bond acceptors (Lipinski definition) is 2. The summed E-state index contributed by atoms with van der Waals surface area (Å²) in [5.74, 6) is -1.19. The predicted octanol–water partition coefficient (Wildman–Crippen LogP) is 2.83. The Bertz CT molecular complexity index is 593. The van der Waals surface area contributed by atoms with Crippen LogP contribution in [0.15, 0.2) is 24.3 Å². The van der Waals surface area contributed by atoms with Crippen LogP contribution in [0.5, 0.6) is 0 Å². The second kappa shape index (κ2) is 7.11. The monoisotopic (exact) mass is 314 g/mol. The molecule has 0 aliphatic carbocycles. The fourth-order valence-corrected chi connectivity index (χ4v) is 1.51. The van der Waals surface area contributed by atoms with E-state index in [9.17, 15) is 22.8 Å². The average Bonchev–Trinajstić information content (AvgIpc) is 2.42. The normalized spacial score (nSPS) is 11.8. The van der Waals surface area contributed by atoms with Gasteiger partial charge in [-0.05, 0) is 36.3 Å². The van der Waals surface area contributed by atoms with Crippen LogP contribution in [0.25, 0.3) is 6.08 Å². The van der Waals surface area contributed by atoms with Crippen molar-refractivity contribution in [2.75, 3.05) is 0 Å². The highest BCUT2D eigenvalue weighted by atomic mass is 19.4. The quantitative estimate of drug-likeness (QED) is 0.666. The number of carbonyl (C=O) groups is 2. The van der Waals surface area contributed by atoms with Crippen LogP contribution >= 0.6 is 0 Å². The number of benzene rings is 1. The predicted molar refractivity (Wildman–Crippen MR) is 76.3 cm³/mol. The summed E-state index contributed by atoms with van der Waals surface area (Å²) in [4.78, 5) is 22.7. The molecule has 2 N–H and O–H groups in total. The van der Waals surface area contributed by atoms with E-state index in [0.29, 0.717) is 11.1 Å². The lowest BCUT2D eigenvalue weighted by atomic mass is 10.0. The van der Waals surface area contributed by atoms with Crippen LogP contribution in [0.3, 0.4) is 0 Å². The number of nitrogens with one attached hydrogen (secondary N) is 2. The third kappa shape index (κ3) is 5.23. The Labute approximate surface area is 126 Å². The minimum Gasteiger partial charge on any atom is -0.273 e. The Balaban J connectivity index is 2.70. The van der Waals surface area contributed by atoms with Crippen LogP contribution in [0.1, 0.15) is 30.5 Å². The summed E-state index contributed by atoms with van der Waals surface area (Å²) in [6.07, 6.45) is -1.88. The fourth-order valence-electron chi connectivity index (χ4n) is 1.51. The number of hydrazine groups is 1. The smallest absolute Gasteiger partial charge is 0.273 e. The van der Waals surface area contributed by atoms with Gasteiger partial charge in [-0.25, -0.2) is 0 Å². The summed E-state index contributed by atoms with van der Waals surface area (Å²) in [6.45, 7) is 4.86. The largest absolute Gasteiger partial charge is 0.416 e. The molecule has 0 saturated carbocycles. The lowest BCUT2D eigenvalue weighted by molar-refractivity contribution is -0.137. The molecule has 22 heavy (non-hydrogen) atoms. The first-order valence-electron chi connectivity index (χ1n) is 6.57. The average molecular weight is 314 g/mol. The molecule has 0 radical (unpaired) electrons. The van der Waals surface area contributed by atoms with Crippen LogP contribution in [0.2, 0.25) is 0 Å². The van der Waals surface area contributed by atoms with Crippen molar-refractivity contribution in [2.45, 2.75) is 26.9 Å². The molecule has 0 spiro atoms. The second-order valence-electron chi connectivity index (χ2n) is 5.04. The maximum atomic E-state index is 12.5. The zero-order valence-corrected chi connectivity index (χ0v) is 12.4. The van der Waals surface area contributed by atoms with E-state index in [2.05, 4.69) is 10.9 Å². The number of halogens is 3. The Morgan fingerprint density at radius 1 is 1.18 bits per heavy atom. The number of carbonyl (C=O) groups excluding carboxylic acids is 2. The Kier molecular flexibility index (Phi) is 5.73. The van der Waals surface area contributed by atoms with Crippen molar-refractivity contribution < 1.29 is 22.8 Å². The van der Waals surface area contributed by atoms with Crippen molar-refractivity contribution in [1.29, 1.82) is 0 Å². The van der Waals surface area contributed by atoms with Gasteiger partial charge in [-0.1, -0.05) is 19.9 Å². The molecule has 0 fully saturated rings. The number of rotatable bonds is 3. The summed E-state index contributed by atoms with van der Waals surface area (Å²) >= 11 is 0. The number of aryl methyl sites for hydroxylation is 1. The summed E-state index contributed by atoms with van der Waals surface area (Å²) in [5, 5.41) is 0. The van der Waals surface area contributed by atoms with E-state index in [4.69, 9.17) is 0 Å². The van der Waals surface area contributed by atoms with E-state index < -0.39 is 17.6 Å². The van der Waals surface area contributed by atoms with Crippen LogP contribution < -0.4 is 10.9 Å². The van der Waals surface area contributed by atoms with Gasteiger partial charge in [0.1, 0.15) is 0 Å². The van der Waals surface area contributed by atoms with Gasteiger partial charge in [0.15, 0.2) is 0 Å². The van der Waals surface area contributed by atoms with E-state index >= 15 is 0 Å². The van der Waals surface area contributed by atoms with Gasteiger partial charge in [-0.2, -0.15) is 13.2 Å². The molecule has 120 valence electrons. The molecular formula is C15H17F3N2O2. The summed E-state index contributed by atoms with van der Waals surface area (Å²) < 4.78 is 37.6. The third-order valence-corrected chi connectivity index (χ3v) is 2.84. The summed E-state index contributed by atoms with van der Waals surface area (Å²) in [7, 11) is 0. The molecule has 4 nitrogen and oxygen atoms in total. The molecule has 1 rings (SSSR count). The molecule has 2 amide bonds. The molecule has 0 aromatic heterocycles. The van der Waals surface area contributed by atoms with Gasteiger partial charge in [-0.3, -0.25) is 20.4 Å². The second-order valence-corrected chi connectivity index (χ2v) is 5.04. The standard InChI is InChI=1S/C15H17F3N2O2/c1-9(2)14(22)20-19-13(21)7-5-11-4-6-12(8-10(11)3)15(16,17)18/h4-9H,1-3H3,(H,19,21)(H,20,22)/b7-5+. The van der Waals surface area contributed by atoms with Gasteiger partial charge in [0.2, 0.25) is 5.91 Å². The van der Waals surface area contributed by atoms with Crippen LogP contribution in [0, 0.1) is 12.8 Å². The molecule has 0 aliphatic rings. The zero-order valence-electron chi connectivity index (χ0n) is 12.4. The molecular weight excluding hydrogens is 297 g/mol. The molecule has 7 heteroatoms. The third-order valence-electron chi connectivity index (χ3n) is 2.84.